The van der Waals surface area contributed by atoms with Gasteiger partial charge in [0.05, 0.1) is 0 Å². The van der Waals surface area contributed by atoms with Crippen LogP contribution in [0.25, 0.3) is 0 Å². The number of carbonyl (C=O) groups is 3. The van der Waals surface area contributed by atoms with Gasteiger partial charge in [-0.2, -0.15) is 0 Å². The molecule has 0 atom stereocenters. The van der Waals surface area contributed by atoms with Crippen molar-refractivity contribution < 1.29 is 28.6 Å². The van der Waals surface area contributed by atoms with Crippen LogP contribution in [0.1, 0.15) is 201 Å². The van der Waals surface area contributed by atoms with Gasteiger partial charge in [0.25, 0.3) is 0 Å². The molecule has 53 heavy (non-hydrogen) atoms. The molecule has 0 rings (SSSR count). The summed E-state index contributed by atoms with van der Waals surface area (Å²) in [6.07, 6.45) is 49.3. The lowest BCUT2D eigenvalue weighted by Gasteiger charge is -2.18. The second-order valence-electron chi connectivity index (χ2n) is 14.2. The van der Waals surface area contributed by atoms with E-state index in [2.05, 4.69) is 81.5 Å². The predicted octanol–water partition coefficient (Wildman–Crippen LogP) is 13.7. The van der Waals surface area contributed by atoms with Crippen LogP contribution in [0.2, 0.25) is 0 Å². The van der Waals surface area contributed by atoms with Crippen molar-refractivity contribution in [2.24, 2.45) is 0 Å². The molecule has 0 aromatic rings. The molecule has 0 spiro atoms. The molecule has 0 aromatic heterocycles. The van der Waals surface area contributed by atoms with Crippen LogP contribution in [-0.4, -0.2) is 37.2 Å². The molecule has 0 aromatic carbocycles. The van der Waals surface area contributed by atoms with Crippen molar-refractivity contribution in [2.75, 3.05) is 13.2 Å². The first-order chi connectivity index (χ1) is 26.0. The summed E-state index contributed by atoms with van der Waals surface area (Å²) < 4.78 is 16.6. The summed E-state index contributed by atoms with van der Waals surface area (Å²) in [6, 6.07) is 0. The van der Waals surface area contributed by atoms with Gasteiger partial charge in [0.2, 0.25) is 0 Å². The molecule has 0 aliphatic rings. The molecule has 0 saturated carbocycles. The van der Waals surface area contributed by atoms with Crippen molar-refractivity contribution in [3.63, 3.8) is 0 Å². The quantitative estimate of drug-likeness (QED) is 0.0271. The highest BCUT2D eigenvalue weighted by atomic mass is 16.6. The summed E-state index contributed by atoms with van der Waals surface area (Å²) in [7, 11) is 0. The van der Waals surface area contributed by atoms with Gasteiger partial charge in [0.1, 0.15) is 13.2 Å². The van der Waals surface area contributed by atoms with E-state index >= 15 is 0 Å². The van der Waals surface area contributed by atoms with Gasteiger partial charge >= 0.3 is 17.9 Å². The van der Waals surface area contributed by atoms with E-state index in [0.29, 0.717) is 19.3 Å². The van der Waals surface area contributed by atoms with E-state index in [4.69, 9.17) is 14.2 Å². The second-order valence-corrected chi connectivity index (χ2v) is 14.2. The zero-order valence-electron chi connectivity index (χ0n) is 34.5. The van der Waals surface area contributed by atoms with E-state index in [0.717, 1.165) is 77.0 Å². The fourth-order valence-electron chi connectivity index (χ4n) is 5.77. The fraction of sp³-hybridized carbons (Fsp3) is 0.723. The van der Waals surface area contributed by atoms with E-state index < -0.39 is 6.10 Å². The minimum Gasteiger partial charge on any atom is -0.462 e. The van der Waals surface area contributed by atoms with Gasteiger partial charge in [-0.3, -0.25) is 14.4 Å². The topological polar surface area (TPSA) is 78.9 Å². The Labute approximate surface area is 326 Å². The SMILES string of the molecule is CC/C=C\C/C=C\C/C=C\C/C=C\C/C=C\CCCC(=O)OC(COC(=O)CCCCCCCCCCC)COC(=O)CCCCCCCCCCC. The normalized spacial score (nSPS) is 12.1. The number of hydrogen-bond acceptors (Lipinski definition) is 6. The van der Waals surface area contributed by atoms with Crippen LogP contribution < -0.4 is 0 Å². The van der Waals surface area contributed by atoms with Crippen LogP contribution >= 0.6 is 0 Å². The van der Waals surface area contributed by atoms with Gasteiger partial charge in [-0.05, 0) is 57.8 Å². The van der Waals surface area contributed by atoms with Gasteiger partial charge in [-0.15, -0.1) is 0 Å². The van der Waals surface area contributed by atoms with Crippen LogP contribution in [0.5, 0.6) is 0 Å². The standard InChI is InChI=1S/C47H80O6/c1-4-7-10-13-16-19-20-21-22-23-24-25-26-29-32-35-38-41-47(50)53-44(42-51-45(48)39-36-33-30-27-17-14-11-8-5-2)43-52-46(49)40-37-34-31-28-18-15-12-9-6-3/h7,10,16,19,21-22,24-25,29,32,44H,4-6,8-9,11-15,17-18,20,23,26-28,30-31,33-43H2,1-3H3/b10-7-,19-16-,22-21-,25-24-,32-29-. The van der Waals surface area contributed by atoms with Crippen LogP contribution in [0.4, 0.5) is 0 Å². The van der Waals surface area contributed by atoms with Crippen molar-refractivity contribution in [2.45, 2.75) is 207 Å². The predicted molar refractivity (Wildman–Crippen MR) is 224 cm³/mol. The Kier molecular flexibility index (Phi) is 39.6. The minimum absolute atomic E-state index is 0.0952. The molecule has 0 fully saturated rings. The highest BCUT2D eigenvalue weighted by Gasteiger charge is 2.19. The van der Waals surface area contributed by atoms with Crippen LogP contribution in [0.15, 0.2) is 60.8 Å². The van der Waals surface area contributed by atoms with Crippen LogP contribution in [0, 0.1) is 0 Å². The summed E-state index contributed by atoms with van der Waals surface area (Å²) in [4.78, 5) is 37.5. The van der Waals surface area contributed by atoms with E-state index in [1.165, 1.54) is 77.0 Å². The maximum atomic E-state index is 12.7. The fourth-order valence-corrected chi connectivity index (χ4v) is 5.77. The van der Waals surface area contributed by atoms with Crippen molar-refractivity contribution in [3.8, 4) is 0 Å². The van der Waals surface area contributed by atoms with Crippen molar-refractivity contribution >= 4 is 17.9 Å². The highest BCUT2D eigenvalue weighted by Crippen LogP contribution is 2.13. The summed E-state index contributed by atoms with van der Waals surface area (Å²) in [5, 5.41) is 0. The molecule has 6 heteroatoms. The monoisotopic (exact) mass is 741 g/mol. The lowest BCUT2D eigenvalue weighted by atomic mass is 10.1. The molecule has 0 unspecified atom stereocenters. The third kappa shape index (κ3) is 40.1. The first-order valence-electron chi connectivity index (χ1n) is 21.8. The number of hydrogen-bond donors (Lipinski definition) is 0. The first-order valence-corrected chi connectivity index (χ1v) is 21.8. The van der Waals surface area contributed by atoms with Gasteiger partial charge in [0.15, 0.2) is 6.10 Å². The summed E-state index contributed by atoms with van der Waals surface area (Å²) in [6.45, 7) is 6.41. The summed E-state index contributed by atoms with van der Waals surface area (Å²) in [5.74, 6) is -0.964. The maximum absolute atomic E-state index is 12.7. The number of ether oxygens (including phenoxy) is 3. The molecule has 304 valence electrons. The van der Waals surface area contributed by atoms with Gasteiger partial charge in [-0.1, -0.05) is 184 Å². The van der Waals surface area contributed by atoms with Gasteiger partial charge in [0, 0.05) is 19.3 Å². The molecule has 0 aliphatic carbocycles. The number of allylic oxidation sites excluding steroid dienone is 10. The average Bonchev–Trinajstić information content (AvgIpc) is 3.15. The van der Waals surface area contributed by atoms with Crippen molar-refractivity contribution in [1.82, 2.24) is 0 Å². The number of carbonyl (C=O) groups excluding carboxylic acids is 3. The Morgan fingerprint density at radius 3 is 1.13 bits per heavy atom. The third-order valence-electron chi connectivity index (χ3n) is 9.04. The molecule has 0 saturated heterocycles. The van der Waals surface area contributed by atoms with Crippen LogP contribution in [0.3, 0.4) is 0 Å². The molecule has 0 heterocycles. The van der Waals surface area contributed by atoms with Crippen molar-refractivity contribution in [1.29, 1.82) is 0 Å². The minimum atomic E-state index is -0.796. The second kappa shape index (κ2) is 41.9. The van der Waals surface area contributed by atoms with Gasteiger partial charge < -0.3 is 14.2 Å². The summed E-state index contributed by atoms with van der Waals surface area (Å²) >= 11 is 0. The molecule has 0 N–H and O–H groups in total. The van der Waals surface area contributed by atoms with Crippen LogP contribution in [-0.2, 0) is 28.6 Å². The molecule has 0 bridgehead atoms. The third-order valence-corrected chi connectivity index (χ3v) is 9.04. The number of unbranched alkanes of at least 4 members (excludes halogenated alkanes) is 17. The average molecular weight is 741 g/mol. The zero-order valence-corrected chi connectivity index (χ0v) is 34.5. The molecule has 0 radical (unpaired) electrons. The maximum Gasteiger partial charge on any atom is 0.306 e. The lowest BCUT2D eigenvalue weighted by molar-refractivity contribution is -0.167. The Morgan fingerprint density at radius 1 is 0.396 bits per heavy atom. The molecular weight excluding hydrogens is 661 g/mol. The smallest absolute Gasteiger partial charge is 0.306 e. The molecular formula is C47H80O6. The van der Waals surface area contributed by atoms with E-state index in [-0.39, 0.29) is 37.5 Å². The number of esters is 3. The molecule has 0 aliphatic heterocycles. The first kappa shape index (κ1) is 50.1. The number of rotatable bonds is 38. The van der Waals surface area contributed by atoms with Crippen molar-refractivity contribution in [3.05, 3.63) is 60.8 Å². The lowest BCUT2D eigenvalue weighted by Crippen LogP contribution is -2.30. The Balaban J connectivity index is 4.46. The Morgan fingerprint density at radius 2 is 0.736 bits per heavy atom. The Hall–Kier alpha value is -2.89. The summed E-state index contributed by atoms with van der Waals surface area (Å²) in [5.41, 5.74) is 0. The van der Waals surface area contributed by atoms with E-state index in [1.54, 1.807) is 0 Å². The van der Waals surface area contributed by atoms with Gasteiger partial charge in [-0.25, -0.2) is 0 Å². The molecule has 0 amide bonds. The Bertz CT molecular complexity index is 953. The molecule has 6 nitrogen and oxygen atoms in total. The highest BCUT2D eigenvalue weighted by molar-refractivity contribution is 5.71. The largest absolute Gasteiger partial charge is 0.462 e. The zero-order chi connectivity index (χ0) is 38.7. The van der Waals surface area contributed by atoms with E-state index in [9.17, 15) is 14.4 Å². The van der Waals surface area contributed by atoms with E-state index in [1.807, 2.05) is 0 Å².